The molecule has 0 unspecified atom stereocenters. The topological polar surface area (TPSA) is 66.6 Å². The van der Waals surface area contributed by atoms with E-state index in [4.69, 9.17) is 5.11 Å². The van der Waals surface area contributed by atoms with E-state index in [1.165, 1.54) is 0 Å². The van der Waals surface area contributed by atoms with Gasteiger partial charge in [0.1, 0.15) is 0 Å². The first kappa shape index (κ1) is 15.9. The van der Waals surface area contributed by atoms with Crippen molar-refractivity contribution in [3.05, 3.63) is 32.3 Å². The van der Waals surface area contributed by atoms with Gasteiger partial charge in [0, 0.05) is 36.3 Å². The molecule has 0 aliphatic heterocycles. The molecule has 0 saturated heterocycles. The average molecular weight is 331 g/mol. The highest BCUT2D eigenvalue weighted by molar-refractivity contribution is 9.10. The molecule has 1 N–H and O–H groups in total. The van der Waals surface area contributed by atoms with Gasteiger partial charge in [-0.2, -0.15) is 0 Å². The number of aliphatic hydroxyl groups is 1. The Morgan fingerprint density at radius 2 is 2.05 bits per heavy atom. The fraction of sp³-hybridized carbons (Fsp3) is 0.538. The number of benzene rings is 1. The van der Waals surface area contributed by atoms with Gasteiger partial charge in [0.15, 0.2) is 0 Å². The van der Waals surface area contributed by atoms with Crippen LogP contribution in [-0.4, -0.2) is 30.2 Å². The van der Waals surface area contributed by atoms with Crippen LogP contribution in [0.1, 0.15) is 24.8 Å². The first-order valence-electron chi connectivity index (χ1n) is 6.24. The number of hydrogen-bond acceptors (Lipinski definition) is 4. The van der Waals surface area contributed by atoms with Crippen LogP contribution in [0.4, 0.5) is 11.4 Å². The standard InChI is InChI=1S/C13H19BrN2O3/c1-10-8-13(11(14)9-12(10)16(18)19)15(2)6-4-3-5-7-17/h8-9,17H,3-7H2,1-2H3. The maximum absolute atomic E-state index is 10.8. The van der Waals surface area contributed by atoms with Crippen LogP contribution < -0.4 is 4.90 Å². The van der Waals surface area contributed by atoms with E-state index in [1.54, 1.807) is 13.0 Å². The lowest BCUT2D eigenvalue weighted by atomic mass is 10.1. The molecule has 1 aromatic rings. The maximum Gasteiger partial charge on any atom is 0.273 e. The predicted molar refractivity (Wildman–Crippen MR) is 79.7 cm³/mol. The van der Waals surface area contributed by atoms with Gasteiger partial charge in [0.05, 0.1) is 10.6 Å². The summed E-state index contributed by atoms with van der Waals surface area (Å²) in [6, 6.07) is 3.38. The monoisotopic (exact) mass is 330 g/mol. The fourth-order valence-corrected chi connectivity index (χ4v) is 2.54. The smallest absolute Gasteiger partial charge is 0.273 e. The van der Waals surface area contributed by atoms with Crippen molar-refractivity contribution in [2.24, 2.45) is 0 Å². The average Bonchev–Trinajstić information content (AvgIpc) is 2.36. The van der Waals surface area contributed by atoms with Crippen LogP contribution in [0.5, 0.6) is 0 Å². The Bertz CT molecular complexity index is 452. The summed E-state index contributed by atoms with van der Waals surface area (Å²) in [7, 11) is 1.96. The minimum atomic E-state index is -0.370. The van der Waals surface area contributed by atoms with Crippen molar-refractivity contribution in [3.8, 4) is 0 Å². The molecule has 0 bridgehead atoms. The van der Waals surface area contributed by atoms with Gasteiger partial charge in [-0.25, -0.2) is 0 Å². The third-order valence-corrected chi connectivity index (χ3v) is 3.66. The van der Waals surface area contributed by atoms with Gasteiger partial charge in [-0.05, 0) is 48.2 Å². The second kappa shape index (κ2) is 7.45. The number of nitro benzene ring substituents is 1. The van der Waals surface area contributed by atoms with E-state index in [-0.39, 0.29) is 17.2 Å². The van der Waals surface area contributed by atoms with Crippen molar-refractivity contribution in [2.75, 3.05) is 25.1 Å². The Labute approximate surface area is 121 Å². The van der Waals surface area contributed by atoms with E-state index < -0.39 is 0 Å². The normalized spacial score (nSPS) is 10.5. The van der Waals surface area contributed by atoms with Crippen LogP contribution in [0.15, 0.2) is 16.6 Å². The number of aryl methyl sites for hydroxylation is 1. The van der Waals surface area contributed by atoms with Gasteiger partial charge in [-0.3, -0.25) is 10.1 Å². The van der Waals surface area contributed by atoms with Crippen molar-refractivity contribution in [1.82, 2.24) is 0 Å². The Morgan fingerprint density at radius 1 is 1.37 bits per heavy atom. The number of hydrogen-bond donors (Lipinski definition) is 1. The summed E-state index contributed by atoms with van der Waals surface area (Å²) >= 11 is 3.39. The molecule has 106 valence electrons. The number of anilines is 1. The highest BCUT2D eigenvalue weighted by Gasteiger charge is 2.15. The fourth-order valence-electron chi connectivity index (χ4n) is 1.90. The van der Waals surface area contributed by atoms with Gasteiger partial charge in [0.25, 0.3) is 5.69 Å². The molecule has 0 aliphatic carbocycles. The highest BCUT2D eigenvalue weighted by Crippen LogP contribution is 2.32. The van der Waals surface area contributed by atoms with E-state index in [0.717, 1.165) is 36.0 Å². The van der Waals surface area contributed by atoms with Gasteiger partial charge < -0.3 is 10.0 Å². The summed E-state index contributed by atoms with van der Waals surface area (Å²) in [6.45, 7) is 2.83. The molecule has 0 spiro atoms. The minimum absolute atomic E-state index is 0.129. The molecule has 5 nitrogen and oxygen atoms in total. The molecular formula is C13H19BrN2O3. The molecule has 0 atom stereocenters. The molecule has 0 aromatic heterocycles. The summed E-state index contributed by atoms with van der Waals surface area (Å²) in [4.78, 5) is 12.5. The number of nitrogens with zero attached hydrogens (tertiary/aromatic N) is 2. The predicted octanol–water partition coefficient (Wildman–Crippen LogP) is 3.26. The molecule has 1 aromatic carbocycles. The Morgan fingerprint density at radius 3 is 2.63 bits per heavy atom. The van der Waals surface area contributed by atoms with Crippen LogP contribution in [0.3, 0.4) is 0 Å². The van der Waals surface area contributed by atoms with E-state index >= 15 is 0 Å². The van der Waals surface area contributed by atoms with Gasteiger partial charge in [0.2, 0.25) is 0 Å². The number of nitro groups is 1. The van der Waals surface area contributed by atoms with E-state index in [0.29, 0.717) is 5.56 Å². The Hall–Kier alpha value is -1.14. The summed E-state index contributed by atoms with van der Waals surface area (Å²) in [5.41, 5.74) is 1.74. The van der Waals surface area contributed by atoms with Crippen molar-refractivity contribution in [1.29, 1.82) is 0 Å². The SMILES string of the molecule is Cc1cc(N(C)CCCCCO)c(Br)cc1[N+](=O)[O-]. The molecule has 6 heteroatoms. The van der Waals surface area contributed by atoms with Crippen molar-refractivity contribution in [3.63, 3.8) is 0 Å². The van der Waals surface area contributed by atoms with Gasteiger partial charge in [-0.1, -0.05) is 0 Å². The first-order valence-corrected chi connectivity index (χ1v) is 7.03. The number of aliphatic hydroxyl groups excluding tert-OH is 1. The van der Waals surface area contributed by atoms with Gasteiger partial charge in [-0.15, -0.1) is 0 Å². The molecule has 0 fully saturated rings. The van der Waals surface area contributed by atoms with Crippen molar-refractivity contribution < 1.29 is 10.0 Å². The summed E-state index contributed by atoms with van der Waals surface area (Å²) in [5, 5.41) is 19.6. The van der Waals surface area contributed by atoms with Crippen LogP contribution in [0.25, 0.3) is 0 Å². The van der Waals surface area contributed by atoms with Crippen LogP contribution in [-0.2, 0) is 0 Å². The Balaban J connectivity index is 2.77. The first-order chi connectivity index (χ1) is 8.97. The number of unbranched alkanes of at least 4 members (excludes halogenated alkanes) is 2. The molecule has 0 radical (unpaired) electrons. The lowest BCUT2D eigenvalue weighted by molar-refractivity contribution is -0.385. The van der Waals surface area contributed by atoms with Crippen LogP contribution >= 0.6 is 15.9 Å². The second-order valence-corrected chi connectivity index (χ2v) is 5.41. The molecule has 0 heterocycles. The molecule has 19 heavy (non-hydrogen) atoms. The zero-order valence-corrected chi connectivity index (χ0v) is 12.8. The quantitative estimate of drug-likeness (QED) is 0.473. The third kappa shape index (κ3) is 4.47. The third-order valence-electron chi connectivity index (χ3n) is 3.02. The summed E-state index contributed by atoms with van der Waals surface area (Å²) in [5.74, 6) is 0. The lowest BCUT2D eigenvalue weighted by Crippen LogP contribution is -2.19. The molecular weight excluding hydrogens is 312 g/mol. The number of halogens is 1. The zero-order valence-electron chi connectivity index (χ0n) is 11.2. The number of rotatable bonds is 7. The Kier molecular flexibility index (Phi) is 6.24. The van der Waals surface area contributed by atoms with Crippen LogP contribution in [0.2, 0.25) is 0 Å². The zero-order chi connectivity index (χ0) is 14.4. The molecule has 0 saturated carbocycles. The van der Waals surface area contributed by atoms with Crippen molar-refractivity contribution >= 4 is 27.3 Å². The highest BCUT2D eigenvalue weighted by atomic mass is 79.9. The maximum atomic E-state index is 10.8. The van der Waals surface area contributed by atoms with Crippen molar-refractivity contribution in [2.45, 2.75) is 26.2 Å². The van der Waals surface area contributed by atoms with Gasteiger partial charge >= 0.3 is 0 Å². The van der Waals surface area contributed by atoms with E-state index in [1.807, 2.05) is 13.1 Å². The molecule has 1 rings (SSSR count). The largest absolute Gasteiger partial charge is 0.396 e. The molecule has 0 amide bonds. The van der Waals surface area contributed by atoms with Crippen LogP contribution in [0, 0.1) is 17.0 Å². The van der Waals surface area contributed by atoms with E-state index in [9.17, 15) is 10.1 Å². The second-order valence-electron chi connectivity index (χ2n) is 4.55. The summed E-state index contributed by atoms with van der Waals surface area (Å²) < 4.78 is 0.731. The van der Waals surface area contributed by atoms with E-state index in [2.05, 4.69) is 20.8 Å². The lowest BCUT2D eigenvalue weighted by Gasteiger charge is -2.21. The summed E-state index contributed by atoms with van der Waals surface area (Å²) in [6.07, 6.45) is 2.78. The molecule has 0 aliphatic rings. The minimum Gasteiger partial charge on any atom is -0.396 e.